The molecule has 2 N–H and O–H groups in total. The molecule has 2 aromatic rings. The molecule has 1 fully saturated rings. The van der Waals surface area contributed by atoms with Crippen LogP contribution in [0, 0.1) is 12.7 Å². The standard InChI is InChI=1S/C19H21FN2O2/c1-13-12-15(4-7-18(13)20)21-19(24)14-2-5-16(6-3-14)22-10-8-17(23)9-11-22/h2-7,12,17,23H,8-11H2,1H3,(H,21,24). The first kappa shape index (κ1) is 16.5. The summed E-state index contributed by atoms with van der Waals surface area (Å²) in [6.07, 6.45) is 1.34. The average Bonchev–Trinajstić information content (AvgIpc) is 2.59. The molecule has 0 spiro atoms. The Morgan fingerprint density at radius 1 is 1.17 bits per heavy atom. The first-order valence-electron chi connectivity index (χ1n) is 8.13. The van der Waals surface area contributed by atoms with E-state index >= 15 is 0 Å². The summed E-state index contributed by atoms with van der Waals surface area (Å²) in [5, 5.41) is 12.3. The largest absolute Gasteiger partial charge is 0.393 e. The van der Waals surface area contributed by atoms with Crippen molar-refractivity contribution in [2.45, 2.75) is 25.9 Å². The zero-order valence-corrected chi connectivity index (χ0v) is 13.6. The summed E-state index contributed by atoms with van der Waals surface area (Å²) in [5.74, 6) is -0.509. The van der Waals surface area contributed by atoms with E-state index in [0.717, 1.165) is 31.6 Å². The normalized spacial score (nSPS) is 15.4. The van der Waals surface area contributed by atoms with Gasteiger partial charge < -0.3 is 15.3 Å². The summed E-state index contributed by atoms with van der Waals surface area (Å²) >= 11 is 0. The molecule has 0 atom stereocenters. The number of hydrogen-bond donors (Lipinski definition) is 2. The second-order valence-electron chi connectivity index (χ2n) is 6.18. The van der Waals surface area contributed by atoms with E-state index in [-0.39, 0.29) is 17.8 Å². The molecule has 1 heterocycles. The molecule has 0 bridgehead atoms. The lowest BCUT2D eigenvalue weighted by Gasteiger charge is -2.31. The Labute approximate surface area is 140 Å². The van der Waals surface area contributed by atoms with Crippen LogP contribution in [0.1, 0.15) is 28.8 Å². The third kappa shape index (κ3) is 3.74. The van der Waals surface area contributed by atoms with Crippen LogP contribution in [0.2, 0.25) is 0 Å². The molecule has 0 radical (unpaired) electrons. The number of benzene rings is 2. The molecule has 0 aliphatic carbocycles. The first-order chi connectivity index (χ1) is 11.5. The van der Waals surface area contributed by atoms with Gasteiger partial charge in [-0.15, -0.1) is 0 Å². The predicted molar refractivity (Wildman–Crippen MR) is 93.0 cm³/mol. The summed E-state index contributed by atoms with van der Waals surface area (Å²) < 4.78 is 13.3. The van der Waals surface area contributed by atoms with Crippen LogP contribution >= 0.6 is 0 Å². The summed E-state index contributed by atoms with van der Waals surface area (Å²) in [7, 11) is 0. The highest BCUT2D eigenvalue weighted by Crippen LogP contribution is 2.21. The van der Waals surface area contributed by atoms with E-state index in [4.69, 9.17) is 0 Å². The number of piperidine rings is 1. The van der Waals surface area contributed by atoms with Gasteiger partial charge in [-0.1, -0.05) is 0 Å². The number of rotatable bonds is 3. The molecule has 0 unspecified atom stereocenters. The maximum absolute atomic E-state index is 13.3. The number of aliphatic hydroxyl groups excluding tert-OH is 1. The van der Waals surface area contributed by atoms with Crippen molar-refractivity contribution in [1.29, 1.82) is 0 Å². The summed E-state index contributed by atoms with van der Waals surface area (Å²) in [6.45, 7) is 3.30. The van der Waals surface area contributed by atoms with Gasteiger partial charge in [0.2, 0.25) is 0 Å². The number of aryl methyl sites for hydroxylation is 1. The number of anilines is 2. The lowest BCUT2D eigenvalue weighted by molar-refractivity contribution is 0.102. The van der Waals surface area contributed by atoms with Crippen molar-refractivity contribution in [2.75, 3.05) is 23.3 Å². The van der Waals surface area contributed by atoms with Crippen LogP contribution in [0.5, 0.6) is 0 Å². The third-order valence-corrected chi connectivity index (χ3v) is 4.37. The Kier molecular flexibility index (Phi) is 4.81. The Morgan fingerprint density at radius 2 is 1.83 bits per heavy atom. The molecular weight excluding hydrogens is 307 g/mol. The van der Waals surface area contributed by atoms with Gasteiger partial charge >= 0.3 is 0 Å². The number of carbonyl (C=O) groups excluding carboxylic acids is 1. The summed E-state index contributed by atoms with van der Waals surface area (Å²) in [4.78, 5) is 14.5. The smallest absolute Gasteiger partial charge is 0.255 e. The molecule has 1 amide bonds. The minimum Gasteiger partial charge on any atom is -0.393 e. The van der Waals surface area contributed by atoms with E-state index in [1.807, 2.05) is 12.1 Å². The molecule has 126 valence electrons. The number of aliphatic hydroxyl groups is 1. The summed E-state index contributed by atoms with van der Waals surface area (Å²) in [6, 6.07) is 11.9. The van der Waals surface area contributed by atoms with Crippen molar-refractivity contribution in [2.24, 2.45) is 0 Å². The lowest BCUT2D eigenvalue weighted by atomic mass is 10.1. The maximum Gasteiger partial charge on any atom is 0.255 e. The van der Waals surface area contributed by atoms with Gasteiger partial charge in [-0.3, -0.25) is 4.79 Å². The fourth-order valence-corrected chi connectivity index (χ4v) is 2.87. The zero-order valence-electron chi connectivity index (χ0n) is 13.6. The third-order valence-electron chi connectivity index (χ3n) is 4.37. The molecule has 5 heteroatoms. The lowest BCUT2D eigenvalue weighted by Crippen LogP contribution is -2.35. The van der Waals surface area contributed by atoms with Gasteiger partial charge in [-0.25, -0.2) is 4.39 Å². The predicted octanol–water partition coefficient (Wildman–Crippen LogP) is 3.35. The van der Waals surface area contributed by atoms with Crippen molar-refractivity contribution in [3.05, 3.63) is 59.4 Å². The molecule has 4 nitrogen and oxygen atoms in total. The van der Waals surface area contributed by atoms with Gasteiger partial charge in [0.15, 0.2) is 0 Å². The highest BCUT2D eigenvalue weighted by Gasteiger charge is 2.17. The zero-order chi connectivity index (χ0) is 17.1. The molecule has 2 aromatic carbocycles. The van der Waals surface area contributed by atoms with Crippen molar-refractivity contribution in [3.8, 4) is 0 Å². The number of nitrogens with zero attached hydrogens (tertiary/aromatic N) is 1. The van der Waals surface area contributed by atoms with E-state index in [9.17, 15) is 14.3 Å². The second-order valence-corrected chi connectivity index (χ2v) is 6.18. The van der Waals surface area contributed by atoms with E-state index in [0.29, 0.717) is 16.8 Å². The Hall–Kier alpha value is -2.40. The van der Waals surface area contributed by atoms with E-state index < -0.39 is 0 Å². The van der Waals surface area contributed by atoms with Crippen molar-refractivity contribution in [1.82, 2.24) is 0 Å². The molecule has 24 heavy (non-hydrogen) atoms. The molecule has 0 aromatic heterocycles. The number of amides is 1. The van der Waals surface area contributed by atoms with Crippen LogP contribution in [-0.4, -0.2) is 30.2 Å². The van der Waals surface area contributed by atoms with Crippen molar-refractivity contribution >= 4 is 17.3 Å². The number of carbonyl (C=O) groups is 1. The quantitative estimate of drug-likeness (QED) is 0.908. The topological polar surface area (TPSA) is 52.6 Å². The van der Waals surface area contributed by atoms with Crippen LogP contribution in [0.4, 0.5) is 15.8 Å². The number of nitrogens with one attached hydrogen (secondary N) is 1. The highest BCUT2D eigenvalue weighted by molar-refractivity contribution is 6.04. The molecule has 1 saturated heterocycles. The van der Waals surface area contributed by atoms with Crippen molar-refractivity contribution in [3.63, 3.8) is 0 Å². The second kappa shape index (κ2) is 7.01. The van der Waals surface area contributed by atoms with Gasteiger partial charge in [0, 0.05) is 30.0 Å². The van der Waals surface area contributed by atoms with Crippen LogP contribution < -0.4 is 10.2 Å². The molecule has 3 rings (SSSR count). The van der Waals surface area contributed by atoms with Crippen LogP contribution in [0.3, 0.4) is 0 Å². The molecular formula is C19H21FN2O2. The molecule has 0 saturated carbocycles. The van der Waals surface area contributed by atoms with Gasteiger partial charge in [-0.05, 0) is 67.8 Å². The Balaban J connectivity index is 1.66. The van der Waals surface area contributed by atoms with E-state index in [1.54, 1.807) is 31.2 Å². The van der Waals surface area contributed by atoms with Crippen LogP contribution in [0.25, 0.3) is 0 Å². The average molecular weight is 328 g/mol. The minimum atomic E-state index is -0.288. The van der Waals surface area contributed by atoms with Gasteiger partial charge in [0.25, 0.3) is 5.91 Å². The highest BCUT2D eigenvalue weighted by atomic mass is 19.1. The van der Waals surface area contributed by atoms with Gasteiger partial charge in [0.1, 0.15) is 5.82 Å². The Bertz CT molecular complexity index is 723. The number of halogens is 1. The number of hydrogen-bond acceptors (Lipinski definition) is 3. The SMILES string of the molecule is Cc1cc(NC(=O)c2ccc(N3CCC(O)CC3)cc2)ccc1F. The van der Waals surface area contributed by atoms with E-state index in [2.05, 4.69) is 10.2 Å². The monoisotopic (exact) mass is 328 g/mol. The van der Waals surface area contributed by atoms with Gasteiger partial charge in [-0.2, -0.15) is 0 Å². The van der Waals surface area contributed by atoms with Crippen molar-refractivity contribution < 1.29 is 14.3 Å². The minimum absolute atomic E-state index is 0.203. The molecule has 1 aliphatic rings. The molecule has 1 aliphatic heterocycles. The van der Waals surface area contributed by atoms with E-state index in [1.165, 1.54) is 6.07 Å². The fourth-order valence-electron chi connectivity index (χ4n) is 2.87. The van der Waals surface area contributed by atoms with Crippen LogP contribution in [0.15, 0.2) is 42.5 Å². The van der Waals surface area contributed by atoms with Gasteiger partial charge in [0.05, 0.1) is 6.10 Å². The maximum atomic E-state index is 13.3. The first-order valence-corrected chi connectivity index (χ1v) is 8.13. The fraction of sp³-hybridized carbons (Fsp3) is 0.316. The Morgan fingerprint density at radius 3 is 2.46 bits per heavy atom. The van der Waals surface area contributed by atoms with Crippen LogP contribution in [-0.2, 0) is 0 Å². The summed E-state index contributed by atoms with van der Waals surface area (Å²) in [5.41, 5.74) is 2.68.